The third kappa shape index (κ3) is 4.11. The van der Waals surface area contributed by atoms with Gasteiger partial charge in [0.2, 0.25) is 0 Å². The Bertz CT molecular complexity index is 436. The minimum absolute atomic E-state index is 0. The number of hydrogen-bond donors (Lipinski definition) is 1. The first-order valence-electron chi connectivity index (χ1n) is 3.69. The van der Waals surface area contributed by atoms with Gasteiger partial charge in [0.05, 0.1) is 0 Å². The summed E-state index contributed by atoms with van der Waals surface area (Å²) < 4.78 is 55.1. The Balaban J connectivity index is 0.00000196. The molecule has 0 aromatic heterocycles. The average molecular weight is 259 g/mol. The fourth-order valence-corrected chi connectivity index (χ4v) is 1.58. The lowest BCUT2D eigenvalue weighted by Crippen LogP contribution is -2.03. The highest BCUT2D eigenvalue weighted by Crippen LogP contribution is 2.15. The molecule has 0 fully saturated rings. The Morgan fingerprint density at radius 3 is 2.00 bits per heavy atom. The molecule has 1 aromatic rings. The van der Waals surface area contributed by atoms with E-state index in [2.05, 4.69) is 0 Å². The van der Waals surface area contributed by atoms with E-state index in [4.69, 9.17) is 4.55 Å². The van der Waals surface area contributed by atoms with E-state index in [9.17, 15) is 17.2 Å². The Labute approximate surface area is 92.3 Å². The smallest absolute Gasteiger partial charge is 0.269 e. The number of rotatable bonds is 2. The summed E-state index contributed by atoms with van der Waals surface area (Å²) in [6.07, 6.45) is 0. The standard InChI is InChI=1S/C8H8F2O3S.ClH/c1-5-7(9)2-6(3-8(5)10)4-14(11,12)13;/h2-3H,4H2,1H3,(H,11,12,13);1H. The van der Waals surface area contributed by atoms with Crippen molar-refractivity contribution in [2.45, 2.75) is 12.7 Å². The van der Waals surface area contributed by atoms with Crippen molar-refractivity contribution in [3.05, 3.63) is 34.9 Å². The lowest BCUT2D eigenvalue weighted by atomic mass is 10.1. The molecule has 0 saturated carbocycles. The topological polar surface area (TPSA) is 54.4 Å². The van der Waals surface area contributed by atoms with Gasteiger partial charge in [-0.1, -0.05) is 0 Å². The lowest BCUT2D eigenvalue weighted by Gasteiger charge is -2.02. The van der Waals surface area contributed by atoms with Gasteiger partial charge in [0.1, 0.15) is 17.4 Å². The monoisotopic (exact) mass is 258 g/mol. The molecule has 7 heteroatoms. The maximum atomic E-state index is 12.9. The van der Waals surface area contributed by atoms with E-state index < -0.39 is 27.5 Å². The van der Waals surface area contributed by atoms with Gasteiger partial charge in [0, 0.05) is 5.56 Å². The van der Waals surface area contributed by atoms with Gasteiger partial charge in [-0.15, -0.1) is 12.4 Å². The minimum atomic E-state index is -4.26. The zero-order chi connectivity index (χ0) is 10.9. The SMILES string of the molecule is Cc1c(F)cc(CS(=O)(=O)O)cc1F.Cl. The summed E-state index contributed by atoms with van der Waals surface area (Å²) in [5, 5.41) is 0. The van der Waals surface area contributed by atoms with Crippen molar-refractivity contribution in [1.82, 2.24) is 0 Å². The van der Waals surface area contributed by atoms with E-state index in [0.717, 1.165) is 12.1 Å². The Morgan fingerprint density at radius 1 is 1.27 bits per heavy atom. The summed E-state index contributed by atoms with van der Waals surface area (Å²) in [4.78, 5) is 0. The summed E-state index contributed by atoms with van der Waals surface area (Å²) in [5.74, 6) is -2.45. The maximum absolute atomic E-state index is 12.9. The highest BCUT2D eigenvalue weighted by molar-refractivity contribution is 7.85. The predicted molar refractivity (Wildman–Crippen MR) is 53.6 cm³/mol. The fourth-order valence-electron chi connectivity index (χ4n) is 0.992. The van der Waals surface area contributed by atoms with Gasteiger partial charge in [-0.3, -0.25) is 4.55 Å². The molecule has 86 valence electrons. The molecule has 0 bridgehead atoms. The van der Waals surface area contributed by atoms with Crippen molar-refractivity contribution in [1.29, 1.82) is 0 Å². The molecule has 0 aliphatic rings. The van der Waals surface area contributed by atoms with E-state index in [0.29, 0.717) is 0 Å². The van der Waals surface area contributed by atoms with Crippen LogP contribution in [0.1, 0.15) is 11.1 Å². The second-order valence-electron chi connectivity index (χ2n) is 2.91. The molecule has 1 aromatic carbocycles. The molecular weight excluding hydrogens is 250 g/mol. The van der Waals surface area contributed by atoms with Gasteiger partial charge in [-0.05, 0) is 24.6 Å². The molecular formula is C8H9ClF2O3S. The van der Waals surface area contributed by atoms with E-state index >= 15 is 0 Å². The third-order valence-corrected chi connectivity index (χ3v) is 2.39. The first-order valence-corrected chi connectivity index (χ1v) is 5.30. The van der Waals surface area contributed by atoms with Gasteiger partial charge in [-0.2, -0.15) is 8.42 Å². The van der Waals surface area contributed by atoms with Crippen LogP contribution in [-0.4, -0.2) is 13.0 Å². The Morgan fingerprint density at radius 2 is 1.67 bits per heavy atom. The average Bonchev–Trinajstić information content (AvgIpc) is 1.96. The first-order chi connectivity index (χ1) is 6.29. The van der Waals surface area contributed by atoms with Crippen LogP contribution in [0.25, 0.3) is 0 Å². The second kappa shape index (κ2) is 4.87. The number of hydrogen-bond acceptors (Lipinski definition) is 2. The van der Waals surface area contributed by atoms with Crippen molar-refractivity contribution in [3.8, 4) is 0 Å². The van der Waals surface area contributed by atoms with Crippen molar-refractivity contribution in [3.63, 3.8) is 0 Å². The normalized spacial score (nSPS) is 10.9. The van der Waals surface area contributed by atoms with E-state index in [1.54, 1.807) is 0 Å². The van der Waals surface area contributed by atoms with Crippen molar-refractivity contribution >= 4 is 22.5 Å². The summed E-state index contributed by atoms with van der Waals surface area (Å²) >= 11 is 0. The summed E-state index contributed by atoms with van der Waals surface area (Å²) in [6.45, 7) is 1.24. The summed E-state index contributed by atoms with van der Waals surface area (Å²) in [6, 6.07) is 1.76. The largest absolute Gasteiger partial charge is 0.285 e. The van der Waals surface area contributed by atoms with Gasteiger partial charge < -0.3 is 0 Å². The van der Waals surface area contributed by atoms with Crippen LogP contribution in [0.4, 0.5) is 8.78 Å². The molecule has 0 amide bonds. The molecule has 0 unspecified atom stereocenters. The molecule has 0 aliphatic heterocycles. The van der Waals surface area contributed by atoms with Crippen LogP contribution in [-0.2, 0) is 15.9 Å². The zero-order valence-electron chi connectivity index (χ0n) is 7.70. The lowest BCUT2D eigenvalue weighted by molar-refractivity contribution is 0.481. The summed E-state index contributed by atoms with van der Waals surface area (Å²) in [5.41, 5.74) is -0.294. The molecule has 0 spiro atoms. The van der Waals surface area contributed by atoms with Crippen LogP contribution >= 0.6 is 12.4 Å². The van der Waals surface area contributed by atoms with E-state index in [-0.39, 0.29) is 23.5 Å². The Kier molecular flexibility index (Phi) is 4.64. The number of benzene rings is 1. The van der Waals surface area contributed by atoms with Crippen molar-refractivity contribution < 1.29 is 21.8 Å². The molecule has 3 nitrogen and oxygen atoms in total. The maximum Gasteiger partial charge on any atom is 0.269 e. The van der Waals surface area contributed by atoms with Gasteiger partial charge in [0.15, 0.2) is 0 Å². The van der Waals surface area contributed by atoms with Crippen LogP contribution in [0.5, 0.6) is 0 Å². The van der Waals surface area contributed by atoms with Crippen molar-refractivity contribution in [2.24, 2.45) is 0 Å². The highest BCUT2D eigenvalue weighted by atomic mass is 35.5. The molecule has 0 atom stereocenters. The van der Waals surface area contributed by atoms with Crippen LogP contribution in [0.3, 0.4) is 0 Å². The minimum Gasteiger partial charge on any atom is -0.285 e. The molecule has 0 radical (unpaired) electrons. The van der Waals surface area contributed by atoms with Crippen LogP contribution < -0.4 is 0 Å². The molecule has 1 N–H and O–H groups in total. The third-order valence-electron chi connectivity index (χ3n) is 1.69. The van der Waals surface area contributed by atoms with Crippen LogP contribution in [0.15, 0.2) is 12.1 Å². The van der Waals surface area contributed by atoms with Gasteiger partial charge in [0.25, 0.3) is 10.1 Å². The zero-order valence-corrected chi connectivity index (χ0v) is 9.33. The van der Waals surface area contributed by atoms with Crippen molar-refractivity contribution in [2.75, 3.05) is 0 Å². The quantitative estimate of drug-likeness (QED) is 0.827. The summed E-state index contributed by atoms with van der Waals surface area (Å²) in [7, 11) is -4.26. The van der Waals surface area contributed by atoms with E-state index in [1.807, 2.05) is 0 Å². The van der Waals surface area contributed by atoms with E-state index in [1.165, 1.54) is 6.92 Å². The molecule has 15 heavy (non-hydrogen) atoms. The molecule has 0 aliphatic carbocycles. The molecule has 1 rings (SSSR count). The van der Waals surface area contributed by atoms with Gasteiger partial charge in [-0.25, -0.2) is 8.78 Å². The van der Waals surface area contributed by atoms with Gasteiger partial charge >= 0.3 is 0 Å². The molecule has 0 heterocycles. The Hall–Kier alpha value is -0.720. The number of halogens is 3. The van der Waals surface area contributed by atoms with Crippen LogP contribution in [0, 0.1) is 18.6 Å². The first kappa shape index (κ1) is 14.3. The van der Waals surface area contributed by atoms with Crippen LogP contribution in [0.2, 0.25) is 0 Å². The fraction of sp³-hybridized carbons (Fsp3) is 0.250. The predicted octanol–water partition coefficient (Wildman–Crippen LogP) is 2.08. The molecule has 0 saturated heterocycles. The second-order valence-corrected chi connectivity index (χ2v) is 4.36. The highest BCUT2D eigenvalue weighted by Gasteiger charge is 2.11.